The Bertz CT molecular complexity index is 63.2. The van der Waals surface area contributed by atoms with E-state index in [0.29, 0.717) is 0 Å². The maximum Gasteiger partial charge on any atom is 0.0483 e. The molecule has 3 heteroatoms. The molecule has 0 aromatic rings. The van der Waals surface area contributed by atoms with Gasteiger partial charge in [0.2, 0.25) is 0 Å². The third-order valence-electron chi connectivity index (χ3n) is 0.598. The number of halogens is 1. The Morgan fingerprint density at radius 1 is 1.83 bits per heavy atom. The molecule has 0 radical (unpaired) electrons. The Morgan fingerprint density at radius 3 is 2.83 bits per heavy atom. The van der Waals surface area contributed by atoms with E-state index in [1.807, 2.05) is 9.42 Å². The van der Waals surface area contributed by atoms with E-state index >= 15 is 0 Å². The summed E-state index contributed by atoms with van der Waals surface area (Å²) < 4.78 is 1.97. The van der Waals surface area contributed by atoms with Gasteiger partial charge in [0.05, 0.1) is 0 Å². The molecule has 34 valence electrons. The van der Waals surface area contributed by atoms with Crippen LogP contribution in [0.5, 0.6) is 0 Å². The molecule has 0 amide bonds. The molecule has 0 saturated heterocycles. The van der Waals surface area contributed by atoms with Gasteiger partial charge in [-0.1, -0.05) is 6.08 Å². The van der Waals surface area contributed by atoms with E-state index in [0.717, 1.165) is 6.54 Å². The van der Waals surface area contributed by atoms with E-state index in [1.165, 1.54) is 0 Å². The molecule has 0 aliphatic carbocycles. The normalized spacial score (nSPS) is 21.5. The molecule has 0 fully saturated rings. The highest BCUT2D eigenvalue weighted by atomic mass is 127. The van der Waals surface area contributed by atoms with Crippen LogP contribution in [0, 0.1) is 0 Å². The number of nitrogens with one attached hydrogen (secondary N) is 1. The van der Waals surface area contributed by atoms with E-state index < -0.39 is 0 Å². The van der Waals surface area contributed by atoms with Crippen LogP contribution in [0.4, 0.5) is 0 Å². The van der Waals surface area contributed by atoms with Crippen LogP contribution in [0.2, 0.25) is 0 Å². The molecular weight excluding hydrogens is 191 g/mol. The minimum absolute atomic E-state index is 1.01. The van der Waals surface area contributed by atoms with Crippen LogP contribution < -0.4 is 5.43 Å². The highest BCUT2D eigenvalue weighted by Crippen LogP contribution is 1.97. The molecule has 0 bridgehead atoms. The van der Waals surface area contributed by atoms with E-state index in [1.54, 1.807) is 0 Å². The molecular formula is C3H5IN2. The summed E-state index contributed by atoms with van der Waals surface area (Å²) in [5, 5.41) is 0. The summed E-state index contributed by atoms with van der Waals surface area (Å²) in [4.78, 5) is 0. The highest BCUT2D eigenvalue weighted by molar-refractivity contribution is 14.1. The second kappa shape index (κ2) is 1.79. The van der Waals surface area contributed by atoms with E-state index in [2.05, 4.69) is 34.4 Å². The van der Waals surface area contributed by atoms with Crippen molar-refractivity contribution in [1.29, 1.82) is 0 Å². The number of hydrazine groups is 1. The third-order valence-corrected chi connectivity index (χ3v) is 1.27. The lowest BCUT2D eigenvalue weighted by Crippen LogP contribution is -2.16. The lowest BCUT2D eigenvalue weighted by atomic mass is 10.7. The zero-order valence-electron chi connectivity index (χ0n) is 3.19. The third kappa shape index (κ3) is 0.844. The lowest BCUT2D eigenvalue weighted by molar-refractivity contribution is 0.525. The molecule has 2 nitrogen and oxygen atoms in total. The van der Waals surface area contributed by atoms with Crippen LogP contribution in [0.25, 0.3) is 0 Å². The van der Waals surface area contributed by atoms with Gasteiger partial charge in [0.15, 0.2) is 0 Å². The average molecular weight is 196 g/mol. The Hall–Kier alpha value is 0.230. The zero-order chi connectivity index (χ0) is 4.41. The molecule has 1 aliphatic rings. The summed E-state index contributed by atoms with van der Waals surface area (Å²) in [5.74, 6) is 0. The largest absolute Gasteiger partial charge is 0.317 e. The van der Waals surface area contributed by atoms with E-state index in [9.17, 15) is 0 Å². The molecule has 0 aromatic carbocycles. The van der Waals surface area contributed by atoms with Crippen molar-refractivity contribution in [3.05, 3.63) is 12.3 Å². The van der Waals surface area contributed by atoms with E-state index in [4.69, 9.17) is 0 Å². The predicted octanol–water partition coefficient (Wildman–Crippen LogP) is 0.670. The SMILES string of the molecule is IN1CC=CN1. The van der Waals surface area contributed by atoms with Crippen molar-refractivity contribution in [1.82, 2.24) is 8.65 Å². The van der Waals surface area contributed by atoms with Gasteiger partial charge in [-0.3, -0.25) is 0 Å². The minimum atomic E-state index is 1.01. The molecule has 0 spiro atoms. The van der Waals surface area contributed by atoms with Crippen LogP contribution in [-0.2, 0) is 0 Å². The fourth-order valence-corrected chi connectivity index (χ4v) is 0.720. The van der Waals surface area contributed by atoms with Crippen molar-refractivity contribution >= 4 is 22.9 Å². The molecule has 0 unspecified atom stereocenters. The van der Waals surface area contributed by atoms with Crippen molar-refractivity contribution in [2.45, 2.75) is 0 Å². The van der Waals surface area contributed by atoms with Crippen molar-refractivity contribution in [2.75, 3.05) is 6.54 Å². The van der Waals surface area contributed by atoms with E-state index in [-0.39, 0.29) is 0 Å². The van der Waals surface area contributed by atoms with Crippen LogP contribution in [0.1, 0.15) is 0 Å². The summed E-state index contributed by atoms with van der Waals surface area (Å²) in [6.07, 6.45) is 3.98. The summed E-state index contributed by atoms with van der Waals surface area (Å²) in [7, 11) is 0. The van der Waals surface area contributed by atoms with Crippen molar-refractivity contribution in [2.24, 2.45) is 0 Å². The fourth-order valence-electron chi connectivity index (χ4n) is 0.332. The fraction of sp³-hybridized carbons (Fsp3) is 0.333. The van der Waals surface area contributed by atoms with Crippen LogP contribution >= 0.6 is 22.9 Å². The Kier molecular flexibility index (Phi) is 1.31. The van der Waals surface area contributed by atoms with Crippen LogP contribution in [-0.4, -0.2) is 9.77 Å². The second-order valence-electron chi connectivity index (χ2n) is 1.08. The Balaban J connectivity index is 2.32. The maximum atomic E-state index is 2.96. The lowest BCUT2D eigenvalue weighted by Gasteiger charge is -2.01. The molecule has 0 saturated carbocycles. The number of hydrogen-bond donors (Lipinski definition) is 1. The first kappa shape index (κ1) is 4.39. The van der Waals surface area contributed by atoms with Gasteiger partial charge in [0.25, 0.3) is 0 Å². The topological polar surface area (TPSA) is 15.3 Å². The molecule has 6 heavy (non-hydrogen) atoms. The van der Waals surface area contributed by atoms with Gasteiger partial charge in [0.1, 0.15) is 0 Å². The minimum Gasteiger partial charge on any atom is -0.317 e. The molecule has 1 aliphatic heterocycles. The smallest absolute Gasteiger partial charge is 0.0483 e. The first-order valence-corrected chi connectivity index (χ1v) is 2.70. The molecule has 1 heterocycles. The maximum absolute atomic E-state index is 2.96. The van der Waals surface area contributed by atoms with Gasteiger partial charge in [-0.05, 0) is 0 Å². The summed E-state index contributed by atoms with van der Waals surface area (Å²) >= 11 is 2.19. The standard InChI is InChI=1S/C3H5IN2/c4-6-3-1-2-5-6/h1-2,5H,3H2. The Labute approximate surface area is 50.7 Å². The summed E-state index contributed by atoms with van der Waals surface area (Å²) in [5.41, 5.74) is 2.96. The van der Waals surface area contributed by atoms with Crippen molar-refractivity contribution in [3.63, 3.8) is 0 Å². The Morgan fingerprint density at radius 2 is 2.67 bits per heavy atom. The quantitative estimate of drug-likeness (QED) is 0.452. The first-order valence-electron chi connectivity index (χ1n) is 1.74. The first-order chi connectivity index (χ1) is 2.89. The predicted molar refractivity (Wildman–Crippen MR) is 33.0 cm³/mol. The van der Waals surface area contributed by atoms with Crippen molar-refractivity contribution in [3.8, 4) is 0 Å². The number of hydrogen-bond acceptors (Lipinski definition) is 2. The number of nitrogens with zero attached hydrogens (tertiary/aromatic N) is 1. The average Bonchev–Trinajstić information content (AvgIpc) is 1.86. The van der Waals surface area contributed by atoms with Gasteiger partial charge < -0.3 is 5.43 Å². The second-order valence-corrected chi connectivity index (χ2v) is 2.24. The van der Waals surface area contributed by atoms with Gasteiger partial charge in [-0.15, -0.1) is 0 Å². The molecule has 1 rings (SSSR count). The van der Waals surface area contributed by atoms with Gasteiger partial charge in [0, 0.05) is 35.6 Å². The zero-order valence-corrected chi connectivity index (χ0v) is 5.34. The van der Waals surface area contributed by atoms with Gasteiger partial charge in [-0.2, -0.15) is 3.22 Å². The molecule has 1 N–H and O–H groups in total. The van der Waals surface area contributed by atoms with Gasteiger partial charge >= 0.3 is 0 Å². The molecule has 0 aromatic heterocycles. The highest BCUT2D eigenvalue weighted by Gasteiger charge is 1.95. The summed E-state index contributed by atoms with van der Waals surface area (Å²) in [6, 6.07) is 0. The van der Waals surface area contributed by atoms with Crippen molar-refractivity contribution < 1.29 is 0 Å². The van der Waals surface area contributed by atoms with Crippen LogP contribution in [0.15, 0.2) is 12.3 Å². The number of rotatable bonds is 0. The monoisotopic (exact) mass is 196 g/mol. The van der Waals surface area contributed by atoms with Gasteiger partial charge in [-0.25, -0.2) is 0 Å². The summed E-state index contributed by atoms with van der Waals surface area (Å²) in [6.45, 7) is 1.01. The van der Waals surface area contributed by atoms with Crippen LogP contribution in [0.3, 0.4) is 0 Å². The molecule has 0 atom stereocenters.